The van der Waals surface area contributed by atoms with Gasteiger partial charge in [-0.2, -0.15) is 0 Å². The molecule has 3 aromatic rings. The molecule has 9 heteroatoms. The van der Waals surface area contributed by atoms with Crippen LogP contribution in [0.15, 0.2) is 72.8 Å². The number of benzene rings is 3. The fourth-order valence-corrected chi connectivity index (χ4v) is 4.28. The van der Waals surface area contributed by atoms with Gasteiger partial charge in [0.25, 0.3) is 11.8 Å². The predicted octanol–water partition coefficient (Wildman–Crippen LogP) is 5.14. The number of hydrogen-bond acceptors (Lipinski definition) is 4. The zero-order chi connectivity index (χ0) is 27.4. The summed E-state index contributed by atoms with van der Waals surface area (Å²) in [6.07, 6.45) is 0.651. The molecule has 0 saturated heterocycles. The van der Waals surface area contributed by atoms with E-state index in [1.165, 1.54) is 28.0 Å². The molecule has 1 unspecified atom stereocenters. The van der Waals surface area contributed by atoms with Crippen LogP contribution in [0, 0.1) is 11.7 Å². The standard InChI is InChI=1S/C29H32FN5O3/c1-19(2)15-16-34-24-14-13-20(30)17-25(24)35(22-10-6-5-7-11-22)28(37)26(27(34)36)32-29(38)31-21-9-8-12-23(18-21)33(3)4/h5-14,17-19,26H,15-16H2,1-4H3,(H2,31,32,38). The number of urea groups is 1. The number of carbonyl (C=O) groups is 3. The summed E-state index contributed by atoms with van der Waals surface area (Å²) in [4.78, 5) is 45.5. The Kier molecular flexibility index (Phi) is 7.95. The molecule has 4 rings (SSSR count). The Morgan fingerprint density at radius 1 is 0.947 bits per heavy atom. The third kappa shape index (κ3) is 5.77. The van der Waals surface area contributed by atoms with Crippen molar-refractivity contribution in [3.05, 3.63) is 78.6 Å². The van der Waals surface area contributed by atoms with Crippen molar-refractivity contribution >= 4 is 46.3 Å². The molecule has 1 heterocycles. The predicted molar refractivity (Wildman–Crippen MR) is 149 cm³/mol. The van der Waals surface area contributed by atoms with E-state index in [1.54, 1.807) is 48.5 Å². The molecular formula is C29H32FN5O3. The van der Waals surface area contributed by atoms with Crippen LogP contribution in [-0.4, -0.2) is 44.5 Å². The fraction of sp³-hybridized carbons (Fsp3) is 0.276. The molecule has 0 bridgehead atoms. The lowest BCUT2D eigenvalue weighted by molar-refractivity contribution is -0.128. The molecule has 4 amide bonds. The molecule has 0 radical (unpaired) electrons. The van der Waals surface area contributed by atoms with Crippen molar-refractivity contribution in [2.24, 2.45) is 5.92 Å². The van der Waals surface area contributed by atoms with Crippen molar-refractivity contribution < 1.29 is 18.8 Å². The molecule has 198 valence electrons. The zero-order valence-corrected chi connectivity index (χ0v) is 21.9. The van der Waals surface area contributed by atoms with E-state index >= 15 is 0 Å². The van der Waals surface area contributed by atoms with E-state index in [0.717, 1.165) is 5.69 Å². The molecule has 0 aliphatic carbocycles. The normalized spacial score (nSPS) is 15.3. The van der Waals surface area contributed by atoms with Crippen molar-refractivity contribution in [3.8, 4) is 0 Å². The first-order valence-corrected chi connectivity index (χ1v) is 12.5. The highest BCUT2D eigenvalue weighted by Gasteiger charge is 2.42. The minimum Gasteiger partial charge on any atom is -0.378 e. The zero-order valence-electron chi connectivity index (χ0n) is 21.9. The third-order valence-corrected chi connectivity index (χ3v) is 6.29. The number of nitrogens with one attached hydrogen (secondary N) is 2. The number of hydrogen-bond donors (Lipinski definition) is 2. The molecule has 0 saturated carbocycles. The summed E-state index contributed by atoms with van der Waals surface area (Å²) in [6, 6.07) is 17.6. The minimum absolute atomic E-state index is 0.238. The number of anilines is 5. The summed E-state index contributed by atoms with van der Waals surface area (Å²) in [5.41, 5.74) is 2.47. The van der Waals surface area contributed by atoms with Crippen LogP contribution in [0.4, 0.5) is 37.6 Å². The average Bonchev–Trinajstić information content (AvgIpc) is 2.96. The van der Waals surface area contributed by atoms with Gasteiger partial charge in [0.2, 0.25) is 0 Å². The van der Waals surface area contributed by atoms with E-state index in [2.05, 4.69) is 10.6 Å². The van der Waals surface area contributed by atoms with Crippen molar-refractivity contribution in [2.45, 2.75) is 26.3 Å². The Morgan fingerprint density at radius 3 is 2.37 bits per heavy atom. The molecule has 1 aliphatic rings. The molecule has 38 heavy (non-hydrogen) atoms. The van der Waals surface area contributed by atoms with Gasteiger partial charge in [0.1, 0.15) is 5.82 Å². The lowest BCUT2D eigenvalue weighted by Gasteiger charge is -2.26. The van der Waals surface area contributed by atoms with E-state index in [0.29, 0.717) is 30.0 Å². The van der Waals surface area contributed by atoms with Crippen LogP contribution in [0.25, 0.3) is 0 Å². The van der Waals surface area contributed by atoms with Crippen molar-refractivity contribution in [3.63, 3.8) is 0 Å². The second kappa shape index (κ2) is 11.3. The van der Waals surface area contributed by atoms with Crippen molar-refractivity contribution in [1.29, 1.82) is 0 Å². The lowest BCUT2D eigenvalue weighted by atomic mass is 10.1. The second-order valence-electron chi connectivity index (χ2n) is 9.79. The van der Waals surface area contributed by atoms with Crippen LogP contribution in [-0.2, 0) is 9.59 Å². The third-order valence-electron chi connectivity index (χ3n) is 6.29. The molecule has 0 fully saturated rings. The molecule has 2 N–H and O–H groups in total. The van der Waals surface area contributed by atoms with Gasteiger partial charge in [-0.15, -0.1) is 0 Å². The minimum atomic E-state index is -1.53. The quantitative estimate of drug-likeness (QED) is 0.425. The van der Waals surface area contributed by atoms with Crippen molar-refractivity contribution in [1.82, 2.24) is 5.32 Å². The highest BCUT2D eigenvalue weighted by atomic mass is 19.1. The summed E-state index contributed by atoms with van der Waals surface area (Å²) < 4.78 is 14.5. The Bertz CT molecular complexity index is 1330. The van der Waals surface area contributed by atoms with Crippen LogP contribution < -0.4 is 25.3 Å². The first-order valence-electron chi connectivity index (χ1n) is 12.5. The molecular weight excluding hydrogens is 485 g/mol. The number of rotatable bonds is 7. The first-order chi connectivity index (χ1) is 18.2. The van der Waals surface area contributed by atoms with Gasteiger partial charge in [0.15, 0.2) is 6.04 Å². The van der Waals surface area contributed by atoms with Gasteiger partial charge in [-0.3, -0.25) is 14.5 Å². The smallest absolute Gasteiger partial charge is 0.320 e. The van der Waals surface area contributed by atoms with Crippen molar-refractivity contribution in [2.75, 3.05) is 40.7 Å². The van der Waals surface area contributed by atoms with E-state index in [-0.39, 0.29) is 11.6 Å². The Hall–Kier alpha value is -4.40. The number of fused-ring (bicyclic) bond motifs is 1. The van der Waals surface area contributed by atoms with Gasteiger partial charge < -0.3 is 20.4 Å². The molecule has 0 aromatic heterocycles. The van der Waals surface area contributed by atoms with Gasteiger partial charge >= 0.3 is 6.03 Å². The topological polar surface area (TPSA) is 85.0 Å². The molecule has 8 nitrogen and oxygen atoms in total. The maximum absolute atomic E-state index is 14.5. The number of halogens is 1. The lowest BCUT2D eigenvalue weighted by Crippen LogP contribution is -2.55. The molecule has 1 aliphatic heterocycles. The van der Waals surface area contributed by atoms with E-state index in [9.17, 15) is 18.8 Å². The number of nitrogens with zero attached hydrogens (tertiary/aromatic N) is 3. The Balaban J connectivity index is 1.73. The van der Waals surface area contributed by atoms with Crippen LogP contribution in [0.3, 0.4) is 0 Å². The molecule has 1 atom stereocenters. The van der Waals surface area contributed by atoms with Crippen LogP contribution in [0.1, 0.15) is 20.3 Å². The average molecular weight is 518 g/mol. The van der Waals surface area contributed by atoms with Gasteiger partial charge in [0, 0.05) is 43.8 Å². The number of carbonyl (C=O) groups excluding carboxylic acids is 3. The highest BCUT2D eigenvalue weighted by Crippen LogP contribution is 2.39. The molecule has 3 aromatic carbocycles. The van der Waals surface area contributed by atoms with E-state index < -0.39 is 29.7 Å². The highest BCUT2D eigenvalue weighted by molar-refractivity contribution is 6.24. The van der Waals surface area contributed by atoms with E-state index in [4.69, 9.17) is 0 Å². The fourth-order valence-electron chi connectivity index (χ4n) is 4.28. The maximum Gasteiger partial charge on any atom is 0.320 e. The molecule has 0 spiro atoms. The summed E-state index contributed by atoms with van der Waals surface area (Å²) in [6.45, 7) is 4.36. The van der Waals surface area contributed by atoms with Gasteiger partial charge in [-0.25, -0.2) is 9.18 Å². The van der Waals surface area contributed by atoms with E-state index in [1.807, 2.05) is 38.9 Å². The van der Waals surface area contributed by atoms with Crippen LogP contribution >= 0.6 is 0 Å². The maximum atomic E-state index is 14.5. The van der Waals surface area contributed by atoms with Gasteiger partial charge in [-0.05, 0) is 54.8 Å². The largest absolute Gasteiger partial charge is 0.378 e. The monoisotopic (exact) mass is 517 g/mol. The SMILES string of the molecule is CC(C)CCN1C(=O)C(NC(=O)Nc2cccc(N(C)C)c2)C(=O)N(c2ccccc2)c2cc(F)ccc21. The summed E-state index contributed by atoms with van der Waals surface area (Å²) in [5, 5.41) is 5.30. The van der Waals surface area contributed by atoms with Gasteiger partial charge in [-0.1, -0.05) is 38.1 Å². The summed E-state index contributed by atoms with van der Waals surface area (Å²) in [5.74, 6) is -1.54. The van der Waals surface area contributed by atoms with Crippen LogP contribution in [0.2, 0.25) is 0 Å². The van der Waals surface area contributed by atoms with Gasteiger partial charge in [0.05, 0.1) is 11.4 Å². The summed E-state index contributed by atoms with van der Waals surface area (Å²) in [7, 11) is 3.76. The summed E-state index contributed by atoms with van der Waals surface area (Å²) >= 11 is 0. The van der Waals surface area contributed by atoms with Crippen LogP contribution in [0.5, 0.6) is 0 Å². The second-order valence-corrected chi connectivity index (χ2v) is 9.79. The number of amides is 4. The number of para-hydroxylation sites is 1. The Morgan fingerprint density at radius 2 is 1.68 bits per heavy atom. The Labute approximate surface area is 222 Å². The first kappa shape index (κ1) is 26.7.